The van der Waals surface area contributed by atoms with E-state index in [9.17, 15) is 4.79 Å². The van der Waals surface area contributed by atoms with Crippen molar-refractivity contribution < 1.29 is 9.53 Å². The monoisotopic (exact) mass is 217 g/mol. The Labute approximate surface area is 97.2 Å². The lowest BCUT2D eigenvalue weighted by molar-refractivity contribution is -0.135. The van der Waals surface area contributed by atoms with Gasteiger partial charge in [0, 0.05) is 19.6 Å². The number of hydrogen-bond donors (Lipinski definition) is 0. The van der Waals surface area contributed by atoms with Gasteiger partial charge in [0.1, 0.15) is 7.85 Å². The van der Waals surface area contributed by atoms with Gasteiger partial charge in [0.15, 0.2) is 0 Å². The lowest BCUT2D eigenvalue weighted by Crippen LogP contribution is -2.55. The quantitative estimate of drug-likeness (QED) is 0.365. The van der Waals surface area contributed by atoms with E-state index in [1.54, 1.807) is 0 Å². The number of hydrogen-bond acceptors (Lipinski definition) is 3. The highest BCUT2D eigenvalue weighted by atomic mass is 16.5. The molecule has 2 unspecified atom stereocenters. The first-order valence-corrected chi connectivity index (χ1v) is 5.99. The molecular formula is C12H16BNO2. The third-order valence-corrected chi connectivity index (χ3v) is 4.31. The maximum absolute atomic E-state index is 11.5. The number of methoxy groups -OCH3 is 1. The van der Waals surface area contributed by atoms with Crippen LogP contribution in [-0.2, 0) is 9.53 Å². The Bertz CT molecular complexity index is 334. The maximum atomic E-state index is 11.5. The average Bonchev–Trinajstić information content (AvgIpc) is 2.26. The molecule has 1 aliphatic carbocycles. The first kappa shape index (κ1) is 10.4. The van der Waals surface area contributed by atoms with E-state index in [2.05, 4.69) is 4.90 Å². The smallest absolute Gasteiger partial charge is 0.323 e. The van der Waals surface area contributed by atoms with Crippen molar-refractivity contribution in [3.63, 3.8) is 0 Å². The van der Waals surface area contributed by atoms with E-state index in [4.69, 9.17) is 12.6 Å². The third kappa shape index (κ3) is 1.43. The highest BCUT2D eigenvalue weighted by Crippen LogP contribution is 2.47. The van der Waals surface area contributed by atoms with Crippen LogP contribution in [0.1, 0.15) is 12.8 Å². The van der Waals surface area contributed by atoms with E-state index < -0.39 is 0 Å². The zero-order valence-electron chi connectivity index (χ0n) is 9.61. The molecule has 4 aliphatic rings. The molecule has 3 aliphatic heterocycles. The van der Waals surface area contributed by atoms with Gasteiger partial charge in [-0.15, -0.1) is 0 Å². The summed E-state index contributed by atoms with van der Waals surface area (Å²) in [5.74, 6) is 1.49. The summed E-state index contributed by atoms with van der Waals surface area (Å²) in [5.41, 5.74) is 1.58. The van der Waals surface area contributed by atoms with Gasteiger partial charge in [0.25, 0.3) is 0 Å². The van der Waals surface area contributed by atoms with Crippen molar-refractivity contribution in [1.82, 2.24) is 4.90 Å². The largest absolute Gasteiger partial charge is 0.466 e. The van der Waals surface area contributed by atoms with Gasteiger partial charge in [0.2, 0.25) is 0 Å². The van der Waals surface area contributed by atoms with Crippen LogP contribution in [0, 0.1) is 17.8 Å². The molecular weight excluding hydrogens is 201 g/mol. The van der Waals surface area contributed by atoms with Crippen LogP contribution in [0.4, 0.5) is 0 Å². The zero-order valence-corrected chi connectivity index (χ0v) is 9.61. The van der Waals surface area contributed by atoms with Crippen LogP contribution < -0.4 is 0 Å². The van der Waals surface area contributed by atoms with E-state index in [1.807, 2.05) is 0 Å². The predicted octanol–water partition coefficient (Wildman–Crippen LogP) is 0.554. The summed E-state index contributed by atoms with van der Waals surface area (Å²) < 4.78 is 4.73. The molecule has 0 aromatic rings. The predicted molar refractivity (Wildman–Crippen MR) is 60.9 cm³/mol. The standard InChI is InChI=1S/C12H16BNO2/c1-16-12(15)11(13)10-8-2-7-3-9(10)6-14(4-7)5-8/h7-9H,2-6H2,1H3. The fraction of sp³-hybridized carbons (Fsp3) is 0.750. The Morgan fingerprint density at radius 3 is 2.44 bits per heavy atom. The van der Waals surface area contributed by atoms with Gasteiger partial charge in [-0.1, -0.05) is 5.57 Å². The number of esters is 1. The van der Waals surface area contributed by atoms with E-state index >= 15 is 0 Å². The summed E-state index contributed by atoms with van der Waals surface area (Å²) >= 11 is 0. The Morgan fingerprint density at radius 2 is 1.94 bits per heavy atom. The van der Waals surface area contributed by atoms with Gasteiger partial charge in [0.05, 0.1) is 7.11 Å². The number of ether oxygens (including phenoxy) is 1. The minimum Gasteiger partial charge on any atom is -0.466 e. The summed E-state index contributed by atoms with van der Waals surface area (Å²) in [6, 6.07) is 0. The van der Waals surface area contributed by atoms with Crippen molar-refractivity contribution in [2.45, 2.75) is 12.8 Å². The van der Waals surface area contributed by atoms with Crippen molar-refractivity contribution in [2.75, 3.05) is 26.7 Å². The second-order valence-electron chi connectivity index (χ2n) is 5.31. The van der Waals surface area contributed by atoms with Gasteiger partial charge in [-0.25, -0.2) is 4.79 Å². The molecule has 2 atom stereocenters. The molecule has 0 aromatic heterocycles. The van der Waals surface area contributed by atoms with Crippen molar-refractivity contribution in [2.24, 2.45) is 17.8 Å². The lowest BCUT2D eigenvalue weighted by Gasteiger charge is -2.53. The van der Waals surface area contributed by atoms with Crippen LogP contribution in [0.3, 0.4) is 0 Å². The van der Waals surface area contributed by atoms with E-state index in [1.165, 1.54) is 32.1 Å². The molecule has 4 bridgehead atoms. The van der Waals surface area contributed by atoms with E-state index in [0.29, 0.717) is 17.3 Å². The Hall–Kier alpha value is -0.765. The molecule has 4 rings (SSSR count). The third-order valence-electron chi connectivity index (χ3n) is 4.31. The number of piperidine rings is 3. The van der Waals surface area contributed by atoms with Crippen LogP contribution in [0.2, 0.25) is 0 Å². The Morgan fingerprint density at radius 1 is 1.31 bits per heavy atom. The highest BCUT2D eigenvalue weighted by Gasteiger charge is 2.45. The molecule has 0 spiro atoms. The second-order valence-corrected chi connectivity index (χ2v) is 5.31. The summed E-state index contributed by atoms with van der Waals surface area (Å²) in [6.07, 6.45) is 2.42. The molecule has 3 saturated heterocycles. The van der Waals surface area contributed by atoms with Gasteiger partial charge < -0.3 is 9.64 Å². The van der Waals surface area contributed by atoms with Crippen molar-refractivity contribution in [3.05, 3.63) is 11.0 Å². The molecule has 0 amide bonds. The number of carbonyl (C=O) groups is 1. The van der Waals surface area contributed by atoms with E-state index in [-0.39, 0.29) is 5.97 Å². The highest BCUT2D eigenvalue weighted by molar-refractivity contribution is 6.35. The van der Waals surface area contributed by atoms with Crippen molar-refractivity contribution >= 4 is 13.8 Å². The molecule has 16 heavy (non-hydrogen) atoms. The fourth-order valence-electron chi connectivity index (χ4n) is 3.86. The zero-order chi connectivity index (χ0) is 11.3. The summed E-state index contributed by atoms with van der Waals surface area (Å²) in [5, 5.41) is 0. The second kappa shape index (κ2) is 3.62. The van der Waals surface area contributed by atoms with Crippen LogP contribution in [0.15, 0.2) is 11.0 Å². The average molecular weight is 217 g/mol. The lowest BCUT2D eigenvalue weighted by atomic mass is 9.62. The maximum Gasteiger partial charge on any atom is 0.323 e. The Balaban J connectivity index is 1.94. The summed E-state index contributed by atoms with van der Waals surface area (Å²) in [4.78, 5) is 14.0. The SMILES string of the molecule is [B]C(C(=O)OC)=C1C2CC3CC1CN(C3)C2. The van der Waals surface area contributed by atoms with Gasteiger partial charge in [-0.3, -0.25) is 0 Å². The number of rotatable bonds is 1. The summed E-state index contributed by atoms with van der Waals surface area (Å²) in [7, 11) is 7.34. The topological polar surface area (TPSA) is 29.5 Å². The molecule has 4 heteroatoms. The minimum absolute atomic E-state index is 0.350. The van der Waals surface area contributed by atoms with Crippen molar-refractivity contribution in [3.8, 4) is 0 Å². The molecule has 0 N–H and O–H groups in total. The fourth-order valence-corrected chi connectivity index (χ4v) is 3.86. The molecule has 3 heterocycles. The van der Waals surface area contributed by atoms with Gasteiger partial charge in [-0.2, -0.15) is 0 Å². The first-order valence-electron chi connectivity index (χ1n) is 5.99. The normalized spacial score (nSPS) is 39.9. The van der Waals surface area contributed by atoms with Crippen molar-refractivity contribution in [1.29, 1.82) is 0 Å². The molecule has 2 radical (unpaired) electrons. The van der Waals surface area contributed by atoms with Crippen LogP contribution in [0.5, 0.6) is 0 Å². The van der Waals surface area contributed by atoms with Crippen LogP contribution >= 0.6 is 0 Å². The van der Waals surface area contributed by atoms with Crippen LogP contribution in [-0.4, -0.2) is 45.5 Å². The van der Waals surface area contributed by atoms with Gasteiger partial charge in [-0.05, 0) is 36.1 Å². The Kier molecular flexibility index (Phi) is 2.35. The molecule has 1 saturated carbocycles. The number of carbonyl (C=O) groups excluding carboxylic acids is 1. The van der Waals surface area contributed by atoms with E-state index in [0.717, 1.165) is 19.0 Å². The molecule has 0 aromatic carbocycles. The molecule has 4 fully saturated rings. The first-order chi connectivity index (χ1) is 7.69. The summed E-state index contributed by atoms with van der Waals surface area (Å²) in [6.45, 7) is 3.42. The van der Waals surface area contributed by atoms with Crippen LogP contribution in [0.25, 0.3) is 0 Å². The molecule has 3 nitrogen and oxygen atoms in total. The minimum atomic E-state index is -0.350. The number of nitrogens with zero attached hydrogens (tertiary/aromatic N) is 1. The molecule has 84 valence electrons. The van der Waals surface area contributed by atoms with Gasteiger partial charge >= 0.3 is 5.97 Å².